The number of rotatable bonds is 3. The molecule has 2 fully saturated rings. The summed E-state index contributed by atoms with van der Waals surface area (Å²) >= 11 is 3.43. The van der Waals surface area contributed by atoms with Crippen LogP contribution < -0.4 is 10.6 Å². The van der Waals surface area contributed by atoms with Gasteiger partial charge in [0.25, 0.3) is 0 Å². The minimum atomic E-state index is -0.247. The summed E-state index contributed by atoms with van der Waals surface area (Å²) in [5.74, 6) is 0.207. The van der Waals surface area contributed by atoms with Gasteiger partial charge in [-0.3, -0.25) is 4.79 Å². The maximum absolute atomic E-state index is 12.4. The Morgan fingerprint density at radius 1 is 1.33 bits per heavy atom. The van der Waals surface area contributed by atoms with Crippen LogP contribution in [0.4, 0.5) is 0 Å². The number of nitrogens with one attached hydrogen (secondary N) is 2. The van der Waals surface area contributed by atoms with E-state index >= 15 is 0 Å². The van der Waals surface area contributed by atoms with Gasteiger partial charge in [0.1, 0.15) is 0 Å². The van der Waals surface area contributed by atoms with E-state index in [0.29, 0.717) is 6.04 Å². The molecule has 1 aromatic carbocycles. The lowest BCUT2D eigenvalue weighted by Crippen LogP contribution is -2.42. The smallest absolute Gasteiger partial charge is 0.230 e. The minimum absolute atomic E-state index is 0.207. The molecule has 1 aromatic rings. The van der Waals surface area contributed by atoms with Crippen molar-refractivity contribution in [2.75, 3.05) is 13.1 Å². The number of halogens is 1. The highest BCUT2D eigenvalue weighted by atomic mass is 79.9. The molecule has 1 unspecified atom stereocenters. The van der Waals surface area contributed by atoms with Gasteiger partial charge >= 0.3 is 0 Å². The van der Waals surface area contributed by atoms with Gasteiger partial charge in [0.2, 0.25) is 5.91 Å². The number of amides is 1. The quantitative estimate of drug-likeness (QED) is 0.896. The molecule has 3 nitrogen and oxygen atoms in total. The molecule has 0 bridgehead atoms. The third-order valence-electron chi connectivity index (χ3n) is 3.98. The molecule has 2 N–H and O–H groups in total. The highest BCUT2D eigenvalue weighted by Crippen LogP contribution is 2.48. The van der Waals surface area contributed by atoms with Gasteiger partial charge in [-0.15, -0.1) is 0 Å². The SMILES string of the molecule is O=C(NC1CCNC1)C1(c2ccc(Br)cc2)CC1. The average Bonchev–Trinajstić information content (AvgIpc) is 3.03. The third-order valence-corrected chi connectivity index (χ3v) is 4.51. The zero-order valence-electron chi connectivity index (χ0n) is 10.2. The minimum Gasteiger partial charge on any atom is -0.351 e. The Hall–Kier alpha value is -0.870. The van der Waals surface area contributed by atoms with Crippen LogP contribution in [0.15, 0.2) is 28.7 Å². The van der Waals surface area contributed by atoms with Gasteiger partial charge in [-0.2, -0.15) is 0 Å². The van der Waals surface area contributed by atoms with Crippen LogP contribution in [0.1, 0.15) is 24.8 Å². The third kappa shape index (κ3) is 2.19. The van der Waals surface area contributed by atoms with Crippen LogP contribution in [0.5, 0.6) is 0 Å². The average molecular weight is 309 g/mol. The van der Waals surface area contributed by atoms with Crippen molar-refractivity contribution >= 4 is 21.8 Å². The van der Waals surface area contributed by atoms with E-state index in [2.05, 4.69) is 38.7 Å². The fourth-order valence-electron chi connectivity index (χ4n) is 2.64. The Kier molecular flexibility index (Phi) is 3.16. The van der Waals surface area contributed by atoms with Crippen LogP contribution in [0.25, 0.3) is 0 Å². The van der Waals surface area contributed by atoms with Gasteiger partial charge in [-0.25, -0.2) is 0 Å². The van der Waals surface area contributed by atoms with E-state index in [9.17, 15) is 4.79 Å². The second-order valence-corrected chi connectivity index (χ2v) is 6.17. The molecule has 1 heterocycles. The Morgan fingerprint density at radius 2 is 2.06 bits per heavy atom. The number of benzene rings is 1. The number of hydrogen-bond donors (Lipinski definition) is 2. The van der Waals surface area contributed by atoms with Crippen LogP contribution in [0.2, 0.25) is 0 Å². The summed E-state index contributed by atoms with van der Waals surface area (Å²) in [4.78, 5) is 12.4. The van der Waals surface area contributed by atoms with E-state index in [-0.39, 0.29) is 11.3 Å². The van der Waals surface area contributed by atoms with E-state index in [4.69, 9.17) is 0 Å². The Labute approximate surface area is 115 Å². The van der Waals surface area contributed by atoms with Crippen molar-refractivity contribution in [3.63, 3.8) is 0 Å². The molecule has 4 heteroatoms. The first-order valence-corrected chi connectivity index (χ1v) is 7.28. The summed E-state index contributed by atoms with van der Waals surface area (Å²) in [5, 5.41) is 6.46. The zero-order chi connectivity index (χ0) is 12.6. The summed E-state index contributed by atoms with van der Waals surface area (Å²) in [5.41, 5.74) is 0.901. The molecule has 1 amide bonds. The molecule has 0 aromatic heterocycles. The molecule has 1 saturated carbocycles. The monoisotopic (exact) mass is 308 g/mol. The predicted octanol–water partition coefficient (Wildman–Crippen LogP) is 1.96. The van der Waals surface area contributed by atoms with Crippen LogP contribution in [-0.2, 0) is 10.2 Å². The second kappa shape index (κ2) is 4.67. The number of hydrogen-bond acceptors (Lipinski definition) is 2. The fourth-order valence-corrected chi connectivity index (χ4v) is 2.91. The molecule has 0 radical (unpaired) electrons. The predicted molar refractivity (Wildman–Crippen MR) is 74.5 cm³/mol. The van der Waals surface area contributed by atoms with E-state index in [1.165, 1.54) is 0 Å². The van der Waals surface area contributed by atoms with Crippen molar-refractivity contribution in [1.29, 1.82) is 0 Å². The molecule has 2 aliphatic rings. The summed E-state index contributed by atoms with van der Waals surface area (Å²) in [6, 6.07) is 8.46. The van der Waals surface area contributed by atoms with E-state index in [1.807, 2.05) is 12.1 Å². The van der Waals surface area contributed by atoms with Gasteiger partial charge in [-0.1, -0.05) is 28.1 Å². The zero-order valence-corrected chi connectivity index (χ0v) is 11.8. The van der Waals surface area contributed by atoms with Crippen LogP contribution in [0, 0.1) is 0 Å². The fraction of sp³-hybridized carbons (Fsp3) is 0.500. The highest BCUT2D eigenvalue weighted by molar-refractivity contribution is 9.10. The number of carbonyl (C=O) groups is 1. The first-order valence-electron chi connectivity index (χ1n) is 6.48. The summed E-state index contributed by atoms with van der Waals surface area (Å²) in [6.45, 7) is 1.92. The first kappa shape index (κ1) is 12.2. The van der Waals surface area contributed by atoms with Crippen molar-refractivity contribution in [3.8, 4) is 0 Å². The Balaban J connectivity index is 1.73. The normalized spacial score (nSPS) is 24.8. The lowest BCUT2D eigenvalue weighted by Gasteiger charge is -2.19. The van der Waals surface area contributed by atoms with Gasteiger partial charge in [0, 0.05) is 17.1 Å². The summed E-state index contributed by atoms with van der Waals surface area (Å²) < 4.78 is 1.06. The van der Waals surface area contributed by atoms with Crippen LogP contribution >= 0.6 is 15.9 Å². The molecule has 1 aliphatic carbocycles. The van der Waals surface area contributed by atoms with Gasteiger partial charge in [0.15, 0.2) is 0 Å². The van der Waals surface area contributed by atoms with Crippen molar-refractivity contribution in [2.45, 2.75) is 30.7 Å². The van der Waals surface area contributed by atoms with Crippen LogP contribution in [-0.4, -0.2) is 25.0 Å². The van der Waals surface area contributed by atoms with E-state index in [0.717, 1.165) is 42.4 Å². The Morgan fingerprint density at radius 3 is 2.61 bits per heavy atom. The lowest BCUT2D eigenvalue weighted by molar-refractivity contribution is -0.124. The van der Waals surface area contributed by atoms with E-state index < -0.39 is 0 Å². The molecular formula is C14H17BrN2O. The van der Waals surface area contributed by atoms with Gasteiger partial charge in [-0.05, 0) is 43.5 Å². The standard InChI is InChI=1S/C14H17BrN2O/c15-11-3-1-10(2-4-11)14(6-7-14)13(18)17-12-5-8-16-9-12/h1-4,12,16H,5-9H2,(H,17,18). The molecule has 1 aliphatic heterocycles. The molecule has 3 rings (SSSR count). The molecule has 0 spiro atoms. The molecule has 1 saturated heterocycles. The van der Waals surface area contributed by atoms with E-state index in [1.54, 1.807) is 0 Å². The van der Waals surface area contributed by atoms with Crippen molar-refractivity contribution in [1.82, 2.24) is 10.6 Å². The summed E-state index contributed by atoms with van der Waals surface area (Å²) in [6.07, 6.45) is 2.99. The molecular weight excluding hydrogens is 292 g/mol. The maximum Gasteiger partial charge on any atom is 0.230 e. The Bertz CT molecular complexity index is 447. The highest BCUT2D eigenvalue weighted by Gasteiger charge is 2.51. The summed E-state index contributed by atoms with van der Waals surface area (Å²) in [7, 11) is 0. The van der Waals surface area contributed by atoms with Crippen molar-refractivity contribution in [2.24, 2.45) is 0 Å². The first-order chi connectivity index (χ1) is 8.71. The van der Waals surface area contributed by atoms with Gasteiger partial charge in [0.05, 0.1) is 5.41 Å². The van der Waals surface area contributed by atoms with Crippen LogP contribution in [0.3, 0.4) is 0 Å². The second-order valence-electron chi connectivity index (χ2n) is 5.25. The van der Waals surface area contributed by atoms with Crippen molar-refractivity contribution in [3.05, 3.63) is 34.3 Å². The van der Waals surface area contributed by atoms with Gasteiger partial charge < -0.3 is 10.6 Å². The largest absolute Gasteiger partial charge is 0.351 e. The number of carbonyl (C=O) groups excluding carboxylic acids is 1. The topological polar surface area (TPSA) is 41.1 Å². The lowest BCUT2D eigenvalue weighted by atomic mass is 9.94. The van der Waals surface area contributed by atoms with Crippen molar-refractivity contribution < 1.29 is 4.79 Å². The maximum atomic E-state index is 12.4. The molecule has 96 valence electrons. The molecule has 1 atom stereocenters. The molecule has 18 heavy (non-hydrogen) atoms.